The largest absolute Gasteiger partial charge is 0.532 e. The Labute approximate surface area is 266 Å². The molecule has 0 fully saturated rings. The molecule has 2 aromatic carbocycles. The lowest BCUT2D eigenvalue weighted by Crippen LogP contribution is -2.09. The fourth-order valence-electron chi connectivity index (χ4n) is 4.27. The van der Waals surface area contributed by atoms with E-state index in [1.807, 2.05) is 48.5 Å². The third kappa shape index (κ3) is 7.24. The number of ether oxygens (including phenoxy) is 1. The lowest BCUT2D eigenvalue weighted by Gasteiger charge is -2.26. The van der Waals surface area contributed by atoms with Gasteiger partial charge in [-0.15, -0.1) is 0 Å². The Bertz CT molecular complexity index is 1660. The molecule has 0 atom stereocenters. The Hall–Kier alpha value is -5.50. The lowest BCUT2D eigenvalue weighted by molar-refractivity contribution is 0.350. The molecule has 0 amide bonds. The van der Waals surface area contributed by atoms with Crippen molar-refractivity contribution < 1.29 is 31.9 Å². The number of para-hydroxylation sites is 2. The number of nitrogens with zero attached hydrogens (tertiary/aromatic N) is 4. The summed E-state index contributed by atoms with van der Waals surface area (Å²) in [5.74, 6) is 3.16. The highest BCUT2D eigenvalue weighted by Crippen LogP contribution is 2.52. The predicted octanol–water partition coefficient (Wildman–Crippen LogP) is 8.49. The molecule has 7 rings (SSSR count). The minimum absolute atomic E-state index is 0.338. The maximum atomic E-state index is 6.53. The van der Waals surface area contributed by atoms with Crippen molar-refractivity contribution in [1.29, 1.82) is 0 Å². The average Bonchev–Trinajstić information content (AvgIpc) is 3.10. The highest BCUT2D eigenvalue weighted by atomic mass is 31.2. The molecule has 0 bridgehead atoms. The molecule has 1 aliphatic heterocycles. The van der Waals surface area contributed by atoms with Crippen LogP contribution in [0.5, 0.6) is 46.5 Å². The van der Waals surface area contributed by atoms with E-state index in [1.165, 1.54) is 0 Å². The van der Waals surface area contributed by atoms with E-state index in [0.717, 1.165) is 11.1 Å². The summed E-state index contributed by atoms with van der Waals surface area (Å²) in [6.07, 6.45) is 7.05. The first kappa shape index (κ1) is 29.2. The van der Waals surface area contributed by atoms with Crippen molar-refractivity contribution in [2.24, 2.45) is 0 Å². The Morgan fingerprint density at radius 3 is 1.11 bits per heavy atom. The molecular formula is C33H24N4O7P2. The monoisotopic (exact) mass is 650 g/mol. The van der Waals surface area contributed by atoms with Gasteiger partial charge < -0.3 is 31.9 Å². The molecule has 228 valence electrons. The van der Waals surface area contributed by atoms with E-state index in [-0.39, 0.29) is 0 Å². The highest BCUT2D eigenvalue weighted by molar-refractivity contribution is 7.43. The summed E-state index contributed by atoms with van der Waals surface area (Å²) in [6.45, 7) is 0. The van der Waals surface area contributed by atoms with E-state index in [0.29, 0.717) is 52.9 Å². The number of rotatable bonds is 12. The van der Waals surface area contributed by atoms with Gasteiger partial charge in [-0.3, -0.25) is 0 Å². The second kappa shape index (κ2) is 14.1. The first-order valence-electron chi connectivity index (χ1n) is 14.0. The van der Waals surface area contributed by atoms with E-state index in [4.69, 9.17) is 31.9 Å². The normalized spacial score (nSPS) is 11.5. The van der Waals surface area contributed by atoms with Crippen molar-refractivity contribution in [3.63, 3.8) is 0 Å². The Morgan fingerprint density at radius 2 is 0.783 bits per heavy atom. The SMILES string of the molecule is c1ccc(OP(Oc2ccccn2)Oc2cccc3c2Oc2c(cccc2OP(Oc2ccccn2)Oc2ccccn2)C3)nc1. The maximum Gasteiger partial charge on any atom is 0.532 e. The molecule has 0 saturated heterocycles. The van der Waals surface area contributed by atoms with Crippen LogP contribution in [0, 0.1) is 0 Å². The van der Waals surface area contributed by atoms with Crippen LogP contribution in [-0.2, 0) is 6.42 Å². The van der Waals surface area contributed by atoms with Crippen molar-refractivity contribution in [1.82, 2.24) is 19.9 Å². The maximum absolute atomic E-state index is 6.53. The number of pyridine rings is 4. The van der Waals surface area contributed by atoms with Gasteiger partial charge in [0, 0.05) is 66.6 Å². The van der Waals surface area contributed by atoms with E-state index in [1.54, 1.807) is 85.5 Å². The molecule has 11 nitrogen and oxygen atoms in total. The first-order valence-corrected chi connectivity index (χ1v) is 16.2. The minimum Gasteiger partial charge on any atom is -0.449 e. The second-order valence-electron chi connectivity index (χ2n) is 9.43. The molecule has 0 aliphatic carbocycles. The molecule has 0 spiro atoms. The summed E-state index contributed by atoms with van der Waals surface area (Å²) in [5.41, 5.74) is 1.81. The molecule has 0 radical (unpaired) electrons. The quantitative estimate of drug-likeness (QED) is 0.119. The average molecular weight is 651 g/mol. The van der Waals surface area contributed by atoms with E-state index in [9.17, 15) is 0 Å². The number of hydrogen-bond donors (Lipinski definition) is 0. The van der Waals surface area contributed by atoms with Gasteiger partial charge in [0.25, 0.3) is 0 Å². The number of hydrogen-bond acceptors (Lipinski definition) is 11. The fraction of sp³-hybridized carbons (Fsp3) is 0.0303. The summed E-state index contributed by atoms with van der Waals surface area (Å²) in [7, 11) is -4.07. The smallest absolute Gasteiger partial charge is 0.449 e. The molecule has 13 heteroatoms. The Balaban J connectivity index is 1.16. The molecule has 0 N–H and O–H groups in total. The molecule has 0 saturated carbocycles. The van der Waals surface area contributed by atoms with Gasteiger partial charge in [0.05, 0.1) is 0 Å². The van der Waals surface area contributed by atoms with Gasteiger partial charge in [-0.2, -0.15) is 0 Å². The first-order chi connectivity index (χ1) is 22.8. The third-order valence-corrected chi connectivity index (χ3v) is 8.31. The molecule has 6 aromatic rings. The van der Waals surface area contributed by atoms with Crippen LogP contribution >= 0.6 is 17.2 Å². The van der Waals surface area contributed by atoms with E-state index < -0.39 is 17.2 Å². The van der Waals surface area contributed by atoms with Gasteiger partial charge in [0.2, 0.25) is 23.5 Å². The fourth-order valence-corrected chi connectivity index (χ4v) is 6.14. The van der Waals surface area contributed by atoms with Crippen molar-refractivity contribution >= 4 is 17.2 Å². The van der Waals surface area contributed by atoms with Gasteiger partial charge in [0.1, 0.15) is 0 Å². The molecular weight excluding hydrogens is 626 g/mol. The van der Waals surface area contributed by atoms with Crippen molar-refractivity contribution in [3.05, 3.63) is 145 Å². The van der Waals surface area contributed by atoms with Gasteiger partial charge >= 0.3 is 17.2 Å². The lowest BCUT2D eigenvalue weighted by atomic mass is 10.00. The zero-order valence-electron chi connectivity index (χ0n) is 23.9. The van der Waals surface area contributed by atoms with Crippen LogP contribution in [0.25, 0.3) is 0 Å². The second-order valence-corrected chi connectivity index (χ2v) is 11.4. The Morgan fingerprint density at radius 1 is 0.413 bits per heavy atom. The van der Waals surface area contributed by atoms with Crippen LogP contribution in [0.1, 0.15) is 11.1 Å². The van der Waals surface area contributed by atoms with Crippen LogP contribution in [0.15, 0.2) is 134 Å². The van der Waals surface area contributed by atoms with E-state index >= 15 is 0 Å². The summed E-state index contributed by atoms with van der Waals surface area (Å²) in [5, 5.41) is 0. The topological polar surface area (TPSA) is 116 Å². The summed E-state index contributed by atoms with van der Waals surface area (Å²) < 4.78 is 43.3. The van der Waals surface area contributed by atoms with Gasteiger partial charge in [-0.1, -0.05) is 48.5 Å². The van der Waals surface area contributed by atoms with Crippen molar-refractivity contribution in [2.75, 3.05) is 0 Å². The molecule has 4 aromatic heterocycles. The van der Waals surface area contributed by atoms with E-state index in [2.05, 4.69) is 19.9 Å². The molecule has 1 aliphatic rings. The number of fused-ring (bicyclic) bond motifs is 2. The standard InChI is InChI=1S/C33H24N4O7P2/c1-5-19-34-28(15-1)41-45(42-29-16-2-6-20-35-29)39-26-13-9-11-24-23-25-12-10-14-27(33(25)38-32(24)26)40-46(43-30-17-3-7-21-36-30)44-31-18-4-8-22-37-31/h1-22H,23H2. The number of benzene rings is 2. The van der Waals surface area contributed by atoms with Gasteiger partial charge in [0.15, 0.2) is 23.0 Å². The minimum atomic E-state index is -2.04. The van der Waals surface area contributed by atoms with Crippen LogP contribution in [0.2, 0.25) is 0 Å². The highest BCUT2D eigenvalue weighted by Gasteiger charge is 2.30. The summed E-state index contributed by atoms with van der Waals surface area (Å²) in [6, 6.07) is 32.6. The predicted molar refractivity (Wildman–Crippen MR) is 170 cm³/mol. The zero-order valence-corrected chi connectivity index (χ0v) is 25.7. The van der Waals surface area contributed by atoms with Crippen molar-refractivity contribution in [3.8, 4) is 46.5 Å². The van der Waals surface area contributed by atoms with Crippen LogP contribution in [0.3, 0.4) is 0 Å². The molecule has 0 unspecified atom stereocenters. The van der Waals surface area contributed by atoms with Crippen LogP contribution in [0.4, 0.5) is 0 Å². The van der Waals surface area contributed by atoms with Crippen molar-refractivity contribution in [2.45, 2.75) is 6.42 Å². The third-order valence-electron chi connectivity index (χ3n) is 6.27. The summed E-state index contributed by atoms with van der Waals surface area (Å²) >= 11 is 0. The van der Waals surface area contributed by atoms with Gasteiger partial charge in [-0.05, 0) is 36.4 Å². The van der Waals surface area contributed by atoms with Crippen LogP contribution in [-0.4, -0.2) is 19.9 Å². The molecule has 46 heavy (non-hydrogen) atoms. The zero-order chi connectivity index (χ0) is 31.0. The summed E-state index contributed by atoms with van der Waals surface area (Å²) in [4.78, 5) is 17.0. The van der Waals surface area contributed by atoms with Crippen LogP contribution < -0.4 is 31.9 Å². The Kier molecular flexibility index (Phi) is 8.94. The van der Waals surface area contributed by atoms with Gasteiger partial charge in [-0.25, -0.2) is 19.9 Å². The number of aromatic nitrogens is 4. The molecule has 5 heterocycles.